The van der Waals surface area contributed by atoms with E-state index in [2.05, 4.69) is 21.5 Å². The van der Waals surface area contributed by atoms with Crippen molar-refractivity contribution in [3.8, 4) is 22.7 Å². The molecule has 0 radical (unpaired) electrons. The Bertz CT molecular complexity index is 1820. The number of rotatable bonds is 4. The molecule has 1 amide bonds. The third kappa shape index (κ3) is 4.30. The largest absolute Gasteiger partial charge is 0.489 e. The number of pyridine rings is 2. The molecule has 2 aliphatic heterocycles. The lowest BCUT2D eigenvalue weighted by Crippen LogP contribution is -2.56. The molecule has 9 nitrogen and oxygen atoms in total. The van der Waals surface area contributed by atoms with Crippen molar-refractivity contribution in [3.63, 3.8) is 0 Å². The second-order valence-electron chi connectivity index (χ2n) is 10.6. The number of carbonyl (C=O) groups is 1. The lowest BCUT2D eigenvalue weighted by Gasteiger charge is -2.40. The van der Waals surface area contributed by atoms with Crippen molar-refractivity contribution in [2.75, 3.05) is 31.1 Å². The normalized spacial score (nSPS) is 16.3. The van der Waals surface area contributed by atoms with Gasteiger partial charge in [0, 0.05) is 25.8 Å². The Hall–Kier alpha value is -4.38. The van der Waals surface area contributed by atoms with Gasteiger partial charge in [-0.3, -0.25) is 9.78 Å². The highest BCUT2D eigenvalue weighted by atomic mass is 35.5. The molecular weight excluding hydrogens is 566 g/mol. The van der Waals surface area contributed by atoms with Crippen LogP contribution >= 0.6 is 11.6 Å². The van der Waals surface area contributed by atoms with Gasteiger partial charge in [-0.25, -0.2) is 23.1 Å². The van der Waals surface area contributed by atoms with Gasteiger partial charge in [-0.2, -0.15) is 4.98 Å². The van der Waals surface area contributed by atoms with Gasteiger partial charge in [-0.05, 0) is 42.7 Å². The molecule has 12 heteroatoms. The van der Waals surface area contributed by atoms with Crippen molar-refractivity contribution in [2.24, 2.45) is 0 Å². The van der Waals surface area contributed by atoms with Crippen LogP contribution in [0.3, 0.4) is 0 Å². The standard InChI is InChI=1S/C30H27ClF2N6O3/c1-5-20(40)37-11-12-38-17(13-37)14-42-27-22-28(38)36-30(41)39(26-16(4)9-10-34-24(26)15(2)3)29(22)35-25(23(27)31)21-18(32)7-6-8-19(21)33/h5-10,15,17H,1,11-14H2,2-4H3/t17-/m0/s1. The minimum Gasteiger partial charge on any atom is -0.489 e. The van der Waals surface area contributed by atoms with Gasteiger partial charge in [-0.1, -0.05) is 38.1 Å². The van der Waals surface area contributed by atoms with Crippen molar-refractivity contribution in [1.82, 2.24) is 24.4 Å². The maximum Gasteiger partial charge on any atom is 0.355 e. The van der Waals surface area contributed by atoms with Gasteiger partial charge in [0.25, 0.3) is 0 Å². The smallest absolute Gasteiger partial charge is 0.355 e. The fourth-order valence-corrected chi connectivity index (χ4v) is 5.97. The third-order valence-electron chi connectivity index (χ3n) is 7.69. The molecule has 0 unspecified atom stereocenters. The summed E-state index contributed by atoms with van der Waals surface area (Å²) in [7, 11) is 0. The molecule has 1 aromatic carbocycles. The van der Waals surface area contributed by atoms with Gasteiger partial charge in [0.1, 0.15) is 40.2 Å². The highest BCUT2D eigenvalue weighted by Crippen LogP contribution is 2.46. The van der Waals surface area contributed by atoms with Crippen molar-refractivity contribution >= 4 is 34.4 Å². The summed E-state index contributed by atoms with van der Waals surface area (Å²) in [5.74, 6) is -1.68. The fraction of sp³-hybridized carbons (Fsp3) is 0.300. The first kappa shape index (κ1) is 27.8. The van der Waals surface area contributed by atoms with Gasteiger partial charge < -0.3 is 14.5 Å². The van der Waals surface area contributed by atoms with E-state index in [1.54, 1.807) is 17.2 Å². The van der Waals surface area contributed by atoms with Crippen LogP contribution in [0.25, 0.3) is 28.0 Å². The Morgan fingerprint density at radius 3 is 2.62 bits per heavy atom. The molecule has 1 saturated heterocycles. The number of aryl methyl sites for hydroxylation is 1. The Morgan fingerprint density at radius 2 is 1.93 bits per heavy atom. The number of fused-ring (bicyclic) bond motifs is 2. The first-order valence-electron chi connectivity index (χ1n) is 13.5. The van der Waals surface area contributed by atoms with Crippen LogP contribution in [0.2, 0.25) is 5.02 Å². The highest BCUT2D eigenvalue weighted by molar-refractivity contribution is 6.36. The van der Waals surface area contributed by atoms with Gasteiger partial charge in [0.15, 0.2) is 11.4 Å². The zero-order valence-electron chi connectivity index (χ0n) is 23.2. The maximum absolute atomic E-state index is 15.1. The second-order valence-corrected chi connectivity index (χ2v) is 11.0. The number of hydrogen-bond donors (Lipinski definition) is 0. The van der Waals surface area contributed by atoms with Crippen LogP contribution in [0.4, 0.5) is 14.6 Å². The predicted octanol–water partition coefficient (Wildman–Crippen LogP) is 4.80. The van der Waals surface area contributed by atoms with E-state index >= 15 is 8.78 Å². The van der Waals surface area contributed by atoms with E-state index in [9.17, 15) is 9.59 Å². The number of amides is 1. The van der Waals surface area contributed by atoms with E-state index in [0.717, 1.165) is 17.7 Å². The van der Waals surface area contributed by atoms with Crippen LogP contribution in [0.15, 0.2) is 47.9 Å². The molecular formula is C30H27ClF2N6O3. The number of hydrogen-bond acceptors (Lipinski definition) is 7. The molecule has 0 N–H and O–H groups in total. The molecule has 1 atom stereocenters. The van der Waals surface area contributed by atoms with E-state index in [-0.39, 0.29) is 52.9 Å². The first-order chi connectivity index (χ1) is 20.1. The molecule has 216 valence electrons. The van der Waals surface area contributed by atoms with E-state index in [1.807, 2.05) is 25.7 Å². The van der Waals surface area contributed by atoms with E-state index in [0.29, 0.717) is 29.9 Å². The average molecular weight is 593 g/mol. The average Bonchev–Trinajstić information content (AvgIpc) is 3.12. The van der Waals surface area contributed by atoms with Crippen molar-refractivity contribution in [2.45, 2.75) is 32.7 Å². The minimum atomic E-state index is -0.871. The molecule has 5 heterocycles. The van der Waals surface area contributed by atoms with Crippen LogP contribution in [-0.4, -0.2) is 62.6 Å². The topological polar surface area (TPSA) is 93.5 Å². The Labute approximate surface area is 245 Å². The predicted molar refractivity (Wildman–Crippen MR) is 156 cm³/mol. The van der Waals surface area contributed by atoms with Gasteiger partial charge >= 0.3 is 5.69 Å². The number of halogens is 3. The summed E-state index contributed by atoms with van der Waals surface area (Å²) >= 11 is 6.85. The van der Waals surface area contributed by atoms with Crippen LogP contribution in [0, 0.1) is 18.6 Å². The van der Waals surface area contributed by atoms with Gasteiger partial charge in [0.2, 0.25) is 5.91 Å². The first-order valence-corrected chi connectivity index (χ1v) is 13.9. The summed E-state index contributed by atoms with van der Waals surface area (Å²) < 4.78 is 37.9. The van der Waals surface area contributed by atoms with Crippen molar-refractivity contribution in [1.29, 1.82) is 0 Å². The van der Waals surface area contributed by atoms with Gasteiger partial charge in [0.05, 0.1) is 23.0 Å². The third-order valence-corrected chi connectivity index (χ3v) is 8.04. The Balaban J connectivity index is 1.71. The SMILES string of the molecule is C=CC(=O)N1CCN2c3nc(=O)n(-c4c(C)ccnc4C(C)C)c4nc(-c5c(F)cccc5F)c(Cl)c(c34)OC[C@@H]2C1. The zero-order chi connectivity index (χ0) is 29.9. The molecule has 3 aromatic heterocycles. The molecule has 1 fully saturated rings. The number of anilines is 1. The Morgan fingerprint density at radius 1 is 1.19 bits per heavy atom. The molecule has 2 aliphatic rings. The van der Waals surface area contributed by atoms with Crippen LogP contribution in [-0.2, 0) is 4.79 Å². The van der Waals surface area contributed by atoms with Crippen molar-refractivity contribution in [3.05, 3.63) is 81.5 Å². The number of piperazine rings is 1. The number of benzene rings is 1. The van der Waals surface area contributed by atoms with E-state index < -0.39 is 28.9 Å². The van der Waals surface area contributed by atoms with Gasteiger partial charge in [-0.15, -0.1) is 0 Å². The quantitative estimate of drug-likeness (QED) is 0.314. The van der Waals surface area contributed by atoms with Crippen LogP contribution < -0.4 is 15.3 Å². The molecule has 0 saturated carbocycles. The molecule has 6 rings (SSSR count). The second kappa shape index (κ2) is 10.5. The summed E-state index contributed by atoms with van der Waals surface area (Å²) in [5.41, 5.74) is 0.587. The summed E-state index contributed by atoms with van der Waals surface area (Å²) in [6, 6.07) is 4.84. The highest BCUT2D eigenvalue weighted by Gasteiger charge is 2.37. The minimum absolute atomic E-state index is 0.0622. The summed E-state index contributed by atoms with van der Waals surface area (Å²) in [6.07, 6.45) is 2.91. The number of carbonyl (C=O) groups excluding carboxylic acids is 1. The number of nitrogens with zero attached hydrogens (tertiary/aromatic N) is 6. The molecule has 0 spiro atoms. The van der Waals surface area contributed by atoms with Crippen molar-refractivity contribution < 1.29 is 18.3 Å². The molecule has 4 aromatic rings. The molecule has 0 bridgehead atoms. The zero-order valence-corrected chi connectivity index (χ0v) is 24.0. The summed E-state index contributed by atoms with van der Waals surface area (Å²) in [5, 5.41) is 0.203. The summed E-state index contributed by atoms with van der Waals surface area (Å²) in [4.78, 5) is 43.7. The molecule has 42 heavy (non-hydrogen) atoms. The lowest BCUT2D eigenvalue weighted by molar-refractivity contribution is -0.126. The number of ether oxygens (including phenoxy) is 1. The van der Waals surface area contributed by atoms with Crippen LogP contribution in [0.1, 0.15) is 31.0 Å². The molecule has 0 aliphatic carbocycles. The summed E-state index contributed by atoms with van der Waals surface area (Å²) in [6.45, 7) is 10.4. The van der Waals surface area contributed by atoms with Crippen LogP contribution in [0.5, 0.6) is 5.75 Å². The van der Waals surface area contributed by atoms with E-state index in [1.165, 1.54) is 16.7 Å². The monoisotopic (exact) mass is 592 g/mol. The lowest BCUT2D eigenvalue weighted by atomic mass is 10.0. The maximum atomic E-state index is 15.1. The van der Waals surface area contributed by atoms with E-state index in [4.69, 9.17) is 16.3 Å². The number of aromatic nitrogens is 4. The Kier molecular flexibility index (Phi) is 6.92. The fourth-order valence-electron chi connectivity index (χ4n) is 5.69.